The fraction of sp³-hybridized carbons (Fsp3) is 0.273. The Hall–Kier alpha value is -1.64. The van der Waals surface area contributed by atoms with Gasteiger partial charge in [0.25, 0.3) is 0 Å². The Balaban J connectivity index is 2.29. The minimum absolute atomic E-state index is 0.257. The smallest absolute Gasteiger partial charge is 0.335 e. The number of benzene rings is 1. The van der Waals surface area contributed by atoms with Gasteiger partial charge in [-0.05, 0) is 30.5 Å². The predicted octanol–water partition coefficient (Wildman–Crippen LogP) is 2.16. The molecule has 0 heterocycles. The average molecular weight is 189 g/mol. The topological polar surface area (TPSA) is 61.2 Å². The first kappa shape index (κ1) is 8.94. The maximum atomic E-state index is 10.7. The highest BCUT2D eigenvalue weighted by molar-refractivity contribution is 6.03. The molecule has 3 heteroatoms. The SMILES string of the molecule is N=C(c1cccc(C(=O)O)c1)C1CC1. The summed E-state index contributed by atoms with van der Waals surface area (Å²) in [6.45, 7) is 0. The van der Waals surface area contributed by atoms with Gasteiger partial charge in [0.2, 0.25) is 0 Å². The Morgan fingerprint density at radius 1 is 1.36 bits per heavy atom. The standard InChI is InChI=1S/C11H11NO2/c12-10(7-4-5-7)8-2-1-3-9(6-8)11(13)14/h1-3,6-7,12H,4-5H2,(H,13,14). The lowest BCUT2D eigenvalue weighted by Crippen LogP contribution is -2.04. The Bertz CT molecular complexity index is 394. The molecule has 14 heavy (non-hydrogen) atoms. The molecule has 0 bridgehead atoms. The second kappa shape index (κ2) is 3.25. The van der Waals surface area contributed by atoms with Gasteiger partial charge in [-0.25, -0.2) is 4.79 Å². The summed E-state index contributed by atoms with van der Waals surface area (Å²) < 4.78 is 0. The summed E-state index contributed by atoms with van der Waals surface area (Å²) in [6, 6.07) is 6.61. The van der Waals surface area contributed by atoms with Crippen molar-refractivity contribution in [2.45, 2.75) is 12.8 Å². The van der Waals surface area contributed by atoms with Crippen molar-refractivity contribution in [3.63, 3.8) is 0 Å². The Labute approximate surface area is 81.9 Å². The van der Waals surface area contributed by atoms with Crippen molar-refractivity contribution in [1.82, 2.24) is 0 Å². The zero-order valence-corrected chi connectivity index (χ0v) is 7.66. The van der Waals surface area contributed by atoms with Crippen molar-refractivity contribution in [3.8, 4) is 0 Å². The van der Waals surface area contributed by atoms with E-state index in [2.05, 4.69) is 0 Å². The van der Waals surface area contributed by atoms with Gasteiger partial charge in [-0.3, -0.25) is 0 Å². The van der Waals surface area contributed by atoms with E-state index >= 15 is 0 Å². The summed E-state index contributed by atoms with van der Waals surface area (Å²) in [4.78, 5) is 10.7. The van der Waals surface area contributed by atoms with Crippen molar-refractivity contribution in [3.05, 3.63) is 35.4 Å². The summed E-state index contributed by atoms with van der Waals surface area (Å²) in [5, 5.41) is 16.6. The highest BCUT2D eigenvalue weighted by Crippen LogP contribution is 2.32. The minimum Gasteiger partial charge on any atom is -0.478 e. The van der Waals surface area contributed by atoms with E-state index in [1.807, 2.05) is 0 Å². The molecule has 1 saturated carbocycles. The highest BCUT2D eigenvalue weighted by Gasteiger charge is 2.27. The number of hydrogen-bond acceptors (Lipinski definition) is 2. The Morgan fingerprint density at radius 2 is 2.00 bits per heavy atom. The van der Waals surface area contributed by atoms with Crippen LogP contribution in [0, 0.1) is 11.3 Å². The summed E-state index contributed by atoms with van der Waals surface area (Å²) in [7, 11) is 0. The Kier molecular flexibility index (Phi) is 2.08. The van der Waals surface area contributed by atoms with E-state index in [4.69, 9.17) is 10.5 Å². The molecule has 0 spiro atoms. The van der Waals surface area contributed by atoms with Crippen LogP contribution in [0.25, 0.3) is 0 Å². The molecule has 0 amide bonds. The molecule has 0 aliphatic heterocycles. The number of hydrogen-bond donors (Lipinski definition) is 2. The van der Waals surface area contributed by atoms with Crippen LogP contribution in [0.5, 0.6) is 0 Å². The predicted molar refractivity (Wildman–Crippen MR) is 53.0 cm³/mol. The van der Waals surface area contributed by atoms with Crippen LogP contribution in [0.1, 0.15) is 28.8 Å². The summed E-state index contributed by atoms with van der Waals surface area (Å²) in [5.41, 5.74) is 1.58. The van der Waals surface area contributed by atoms with Gasteiger partial charge in [-0.2, -0.15) is 0 Å². The molecular formula is C11H11NO2. The normalized spacial score (nSPS) is 15.1. The van der Waals surface area contributed by atoms with Gasteiger partial charge in [-0.1, -0.05) is 12.1 Å². The number of carboxylic acids is 1. The molecule has 3 nitrogen and oxygen atoms in total. The summed E-state index contributed by atoms with van der Waals surface area (Å²) in [5.74, 6) is -0.575. The van der Waals surface area contributed by atoms with Crippen molar-refractivity contribution in [2.75, 3.05) is 0 Å². The molecule has 1 aliphatic rings. The van der Waals surface area contributed by atoms with Crippen molar-refractivity contribution >= 4 is 11.7 Å². The zero-order valence-electron chi connectivity index (χ0n) is 7.66. The molecule has 1 aromatic carbocycles. The summed E-state index contributed by atoms with van der Waals surface area (Å²) >= 11 is 0. The van der Waals surface area contributed by atoms with E-state index in [0.29, 0.717) is 11.6 Å². The number of carboxylic acid groups (broad SMARTS) is 1. The van der Waals surface area contributed by atoms with Crippen LogP contribution in [-0.2, 0) is 0 Å². The Morgan fingerprint density at radius 3 is 2.57 bits per heavy atom. The monoisotopic (exact) mass is 189 g/mol. The number of aromatic carboxylic acids is 1. The van der Waals surface area contributed by atoms with Crippen LogP contribution >= 0.6 is 0 Å². The van der Waals surface area contributed by atoms with Crippen molar-refractivity contribution < 1.29 is 9.90 Å². The number of rotatable bonds is 3. The first-order chi connectivity index (χ1) is 6.68. The largest absolute Gasteiger partial charge is 0.478 e. The van der Waals surface area contributed by atoms with Crippen LogP contribution in [0.2, 0.25) is 0 Å². The van der Waals surface area contributed by atoms with E-state index in [9.17, 15) is 4.79 Å². The number of carbonyl (C=O) groups is 1. The van der Waals surface area contributed by atoms with Crippen molar-refractivity contribution in [1.29, 1.82) is 5.41 Å². The molecule has 1 aliphatic carbocycles. The first-order valence-corrected chi connectivity index (χ1v) is 4.60. The third-order valence-corrected chi connectivity index (χ3v) is 2.41. The second-order valence-electron chi connectivity index (χ2n) is 3.57. The van der Waals surface area contributed by atoms with Crippen molar-refractivity contribution in [2.24, 2.45) is 5.92 Å². The molecule has 72 valence electrons. The number of nitrogens with one attached hydrogen (secondary N) is 1. The molecule has 0 atom stereocenters. The minimum atomic E-state index is -0.935. The maximum absolute atomic E-state index is 10.7. The zero-order chi connectivity index (χ0) is 10.1. The van der Waals surface area contributed by atoms with Gasteiger partial charge in [0, 0.05) is 11.6 Å². The molecule has 2 rings (SSSR count). The molecule has 0 saturated heterocycles. The van der Waals surface area contributed by atoms with E-state index in [1.165, 1.54) is 0 Å². The summed E-state index contributed by atoms with van der Waals surface area (Å²) in [6.07, 6.45) is 2.13. The quantitative estimate of drug-likeness (QED) is 0.716. The molecule has 0 aromatic heterocycles. The first-order valence-electron chi connectivity index (χ1n) is 4.60. The van der Waals surface area contributed by atoms with Crippen LogP contribution in [0.4, 0.5) is 0 Å². The lowest BCUT2D eigenvalue weighted by atomic mass is 10.0. The lowest BCUT2D eigenvalue weighted by Gasteiger charge is -2.02. The van der Waals surface area contributed by atoms with Crippen LogP contribution in [0.15, 0.2) is 24.3 Å². The van der Waals surface area contributed by atoms with Gasteiger partial charge >= 0.3 is 5.97 Å². The van der Waals surface area contributed by atoms with E-state index in [-0.39, 0.29) is 5.56 Å². The van der Waals surface area contributed by atoms with Gasteiger partial charge in [0.15, 0.2) is 0 Å². The fourth-order valence-electron chi connectivity index (χ4n) is 1.43. The fourth-order valence-corrected chi connectivity index (χ4v) is 1.43. The van der Waals surface area contributed by atoms with Crippen LogP contribution in [0.3, 0.4) is 0 Å². The molecule has 1 fully saturated rings. The van der Waals surface area contributed by atoms with E-state index in [0.717, 1.165) is 18.4 Å². The molecular weight excluding hydrogens is 178 g/mol. The van der Waals surface area contributed by atoms with Gasteiger partial charge in [-0.15, -0.1) is 0 Å². The maximum Gasteiger partial charge on any atom is 0.335 e. The second-order valence-corrected chi connectivity index (χ2v) is 3.57. The van der Waals surface area contributed by atoms with Crippen LogP contribution < -0.4 is 0 Å². The average Bonchev–Trinajstić information content (AvgIpc) is 3.00. The molecule has 1 aromatic rings. The molecule has 0 unspecified atom stereocenters. The van der Waals surface area contributed by atoms with Gasteiger partial charge in [0.1, 0.15) is 0 Å². The third kappa shape index (κ3) is 1.66. The highest BCUT2D eigenvalue weighted by atomic mass is 16.4. The van der Waals surface area contributed by atoms with Crippen LogP contribution in [-0.4, -0.2) is 16.8 Å². The lowest BCUT2D eigenvalue weighted by molar-refractivity contribution is 0.0697. The third-order valence-electron chi connectivity index (χ3n) is 2.41. The van der Waals surface area contributed by atoms with E-state index < -0.39 is 5.97 Å². The molecule has 2 N–H and O–H groups in total. The van der Waals surface area contributed by atoms with Gasteiger partial charge in [0.05, 0.1) is 5.56 Å². The van der Waals surface area contributed by atoms with Gasteiger partial charge < -0.3 is 10.5 Å². The van der Waals surface area contributed by atoms with E-state index in [1.54, 1.807) is 24.3 Å². The molecule has 0 radical (unpaired) electrons.